The Kier molecular flexibility index (Phi) is 3.43. The minimum Gasteiger partial charge on any atom is -0.480 e. The van der Waals surface area contributed by atoms with Gasteiger partial charge in [0.2, 0.25) is 5.91 Å². The summed E-state index contributed by atoms with van der Waals surface area (Å²) < 4.78 is 0.932. The molecule has 1 heterocycles. The summed E-state index contributed by atoms with van der Waals surface area (Å²) in [6, 6.07) is 6.65. The summed E-state index contributed by atoms with van der Waals surface area (Å²) in [5, 5.41) is 11.8. The maximum atomic E-state index is 11.6. The average molecular weight is 312 g/mol. The SMILES string of the molecule is CCC1(c2ccc(Br)cc2)CC(=O)NC1C(=O)O. The van der Waals surface area contributed by atoms with Crippen LogP contribution in [0, 0.1) is 0 Å². The summed E-state index contributed by atoms with van der Waals surface area (Å²) >= 11 is 3.35. The minimum atomic E-state index is -0.981. The molecule has 1 saturated heterocycles. The van der Waals surface area contributed by atoms with Gasteiger partial charge in [0.1, 0.15) is 6.04 Å². The molecule has 0 spiro atoms. The first-order valence-electron chi connectivity index (χ1n) is 5.78. The molecule has 1 fully saturated rings. The zero-order valence-corrected chi connectivity index (χ0v) is 11.5. The van der Waals surface area contributed by atoms with Crippen molar-refractivity contribution in [1.82, 2.24) is 5.32 Å². The highest BCUT2D eigenvalue weighted by Crippen LogP contribution is 2.39. The van der Waals surface area contributed by atoms with Crippen molar-refractivity contribution in [1.29, 1.82) is 0 Å². The van der Waals surface area contributed by atoms with E-state index in [1.54, 1.807) is 0 Å². The molecule has 0 saturated carbocycles. The molecule has 0 aliphatic carbocycles. The Morgan fingerprint density at radius 3 is 2.61 bits per heavy atom. The first-order valence-corrected chi connectivity index (χ1v) is 6.57. The smallest absolute Gasteiger partial charge is 0.327 e. The monoisotopic (exact) mass is 311 g/mol. The van der Waals surface area contributed by atoms with E-state index >= 15 is 0 Å². The van der Waals surface area contributed by atoms with Crippen molar-refractivity contribution in [2.24, 2.45) is 0 Å². The molecule has 1 aromatic carbocycles. The number of carboxylic acid groups (broad SMARTS) is 1. The van der Waals surface area contributed by atoms with Gasteiger partial charge in [0.05, 0.1) is 0 Å². The summed E-state index contributed by atoms with van der Waals surface area (Å²) in [5.41, 5.74) is 0.239. The Bertz CT molecular complexity index is 486. The van der Waals surface area contributed by atoms with E-state index in [2.05, 4.69) is 21.2 Å². The van der Waals surface area contributed by atoms with E-state index in [4.69, 9.17) is 0 Å². The van der Waals surface area contributed by atoms with E-state index in [-0.39, 0.29) is 12.3 Å². The first-order chi connectivity index (χ1) is 8.49. The van der Waals surface area contributed by atoms with Crippen LogP contribution in [0.3, 0.4) is 0 Å². The van der Waals surface area contributed by atoms with Crippen LogP contribution < -0.4 is 5.32 Å². The van der Waals surface area contributed by atoms with Crippen LogP contribution in [-0.4, -0.2) is 23.0 Å². The number of rotatable bonds is 3. The van der Waals surface area contributed by atoms with E-state index < -0.39 is 17.4 Å². The molecule has 0 aromatic heterocycles. The zero-order valence-electron chi connectivity index (χ0n) is 9.94. The van der Waals surface area contributed by atoms with Crippen LogP contribution in [0.4, 0.5) is 0 Å². The molecular formula is C13H14BrNO3. The first kappa shape index (κ1) is 13.1. The Morgan fingerprint density at radius 2 is 2.11 bits per heavy atom. The van der Waals surface area contributed by atoms with Gasteiger partial charge in [-0.05, 0) is 24.1 Å². The van der Waals surface area contributed by atoms with Gasteiger partial charge in [-0.2, -0.15) is 0 Å². The van der Waals surface area contributed by atoms with Crippen LogP contribution in [0.1, 0.15) is 25.3 Å². The number of benzene rings is 1. The van der Waals surface area contributed by atoms with Crippen molar-refractivity contribution < 1.29 is 14.7 Å². The van der Waals surface area contributed by atoms with Gasteiger partial charge in [-0.25, -0.2) is 4.79 Å². The Balaban J connectivity index is 2.49. The summed E-state index contributed by atoms with van der Waals surface area (Å²) in [6.45, 7) is 1.91. The molecule has 2 rings (SSSR count). The Labute approximate surface area is 114 Å². The molecule has 96 valence electrons. The molecule has 0 bridgehead atoms. The van der Waals surface area contributed by atoms with E-state index in [0.29, 0.717) is 6.42 Å². The fourth-order valence-electron chi connectivity index (χ4n) is 2.62. The number of aliphatic carboxylic acids is 1. The molecule has 4 nitrogen and oxygen atoms in total. The summed E-state index contributed by atoms with van der Waals surface area (Å²) in [7, 11) is 0. The van der Waals surface area contributed by atoms with Gasteiger partial charge in [-0.15, -0.1) is 0 Å². The van der Waals surface area contributed by atoms with Gasteiger partial charge in [0, 0.05) is 16.3 Å². The van der Waals surface area contributed by atoms with Crippen molar-refractivity contribution in [2.45, 2.75) is 31.2 Å². The molecule has 1 aromatic rings. The van der Waals surface area contributed by atoms with Crippen LogP contribution >= 0.6 is 15.9 Å². The Morgan fingerprint density at radius 1 is 1.50 bits per heavy atom. The number of hydrogen-bond donors (Lipinski definition) is 2. The van der Waals surface area contributed by atoms with E-state index in [1.165, 1.54) is 0 Å². The van der Waals surface area contributed by atoms with Crippen molar-refractivity contribution >= 4 is 27.8 Å². The van der Waals surface area contributed by atoms with Crippen molar-refractivity contribution in [3.05, 3.63) is 34.3 Å². The predicted molar refractivity (Wildman–Crippen MR) is 70.3 cm³/mol. The third-order valence-electron chi connectivity index (χ3n) is 3.63. The molecule has 0 radical (unpaired) electrons. The second-order valence-corrected chi connectivity index (χ2v) is 5.45. The fraction of sp³-hybridized carbons (Fsp3) is 0.385. The normalized spacial score (nSPS) is 27.0. The highest BCUT2D eigenvalue weighted by molar-refractivity contribution is 9.10. The Hall–Kier alpha value is -1.36. The number of hydrogen-bond acceptors (Lipinski definition) is 2. The van der Waals surface area contributed by atoms with E-state index in [0.717, 1.165) is 10.0 Å². The molecule has 2 N–H and O–H groups in total. The van der Waals surface area contributed by atoms with Gasteiger partial charge < -0.3 is 10.4 Å². The van der Waals surface area contributed by atoms with Crippen LogP contribution in [0.5, 0.6) is 0 Å². The molecule has 18 heavy (non-hydrogen) atoms. The lowest BCUT2D eigenvalue weighted by atomic mass is 9.72. The minimum absolute atomic E-state index is 0.202. The van der Waals surface area contributed by atoms with Gasteiger partial charge in [0.25, 0.3) is 0 Å². The summed E-state index contributed by atoms with van der Waals surface area (Å²) in [4.78, 5) is 22.9. The third kappa shape index (κ3) is 2.03. The van der Waals surface area contributed by atoms with Crippen LogP contribution in [0.25, 0.3) is 0 Å². The standard InChI is InChI=1S/C13H14BrNO3/c1-2-13(8-3-5-9(14)6-4-8)7-10(16)15-11(13)12(17)18/h3-6,11H,2,7H2,1H3,(H,15,16)(H,17,18). The second-order valence-electron chi connectivity index (χ2n) is 4.53. The van der Waals surface area contributed by atoms with Crippen molar-refractivity contribution in [3.8, 4) is 0 Å². The molecular weight excluding hydrogens is 298 g/mol. The van der Waals surface area contributed by atoms with E-state index in [1.807, 2.05) is 31.2 Å². The van der Waals surface area contributed by atoms with Crippen molar-refractivity contribution in [2.75, 3.05) is 0 Å². The lowest BCUT2D eigenvalue weighted by Crippen LogP contribution is -2.46. The van der Waals surface area contributed by atoms with Crippen LogP contribution in [0.15, 0.2) is 28.7 Å². The topological polar surface area (TPSA) is 66.4 Å². The molecule has 1 aliphatic rings. The summed E-state index contributed by atoms with van der Waals surface area (Å²) in [6.07, 6.45) is 0.826. The highest BCUT2D eigenvalue weighted by atomic mass is 79.9. The quantitative estimate of drug-likeness (QED) is 0.898. The number of amides is 1. The average Bonchev–Trinajstić information content (AvgIpc) is 2.68. The molecule has 5 heteroatoms. The fourth-order valence-corrected chi connectivity index (χ4v) is 2.88. The van der Waals surface area contributed by atoms with Gasteiger partial charge in [0.15, 0.2) is 0 Å². The van der Waals surface area contributed by atoms with E-state index in [9.17, 15) is 14.7 Å². The van der Waals surface area contributed by atoms with Crippen molar-refractivity contribution in [3.63, 3.8) is 0 Å². The number of nitrogens with one attached hydrogen (secondary N) is 1. The number of carbonyl (C=O) groups is 2. The largest absolute Gasteiger partial charge is 0.480 e. The van der Waals surface area contributed by atoms with Gasteiger partial charge in [-0.3, -0.25) is 4.79 Å². The number of carbonyl (C=O) groups excluding carboxylic acids is 1. The predicted octanol–water partition coefficient (Wildman–Crippen LogP) is 2.07. The third-order valence-corrected chi connectivity index (χ3v) is 4.16. The lowest BCUT2D eigenvalue weighted by Gasteiger charge is -2.31. The van der Waals surface area contributed by atoms with Crippen LogP contribution in [0.2, 0.25) is 0 Å². The lowest BCUT2D eigenvalue weighted by molar-refractivity contribution is -0.141. The molecule has 2 atom stereocenters. The van der Waals surface area contributed by atoms with Gasteiger partial charge >= 0.3 is 5.97 Å². The van der Waals surface area contributed by atoms with Gasteiger partial charge in [-0.1, -0.05) is 35.0 Å². The highest BCUT2D eigenvalue weighted by Gasteiger charge is 2.50. The maximum Gasteiger partial charge on any atom is 0.327 e. The molecule has 1 amide bonds. The molecule has 2 unspecified atom stereocenters. The van der Waals surface area contributed by atoms with Crippen LogP contribution in [-0.2, 0) is 15.0 Å². The maximum absolute atomic E-state index is 11.6. The zero-order chi connectivity index (χ0) is 13.3. The molecule has 1 aliphatic heterocycles. The second kappa shape index (κ2) is 4.72. The summed E-state index contributed by atoms with van der Waals surface area (Å²) in [5.74, 6) is -1.18. The number of halogens is 1. The number of carboxylic acids is 1.